The summed E-state index contributed by atoms with van der Waals surface area (Å²) in [5, 5.41) is 1.95. The highest BCUT2D eigenvalue weighted by atomic mass is 79.9. The van der Waals surface area contributed by atoms with Crippen LogP contribution in [0.15, 0.2) is 75.4 Å². The van der Waals surface area contributed by atoms with Gasteiger partial charge in [0.2, 0.25) is 10.0 Å². The van der Waals surface area contributed by atoms with Gasteiger partial charge in [0, 0.05) is 28.0 Å². The molecule has 0 aliphatic rings. The van der Waals surface area contributed by atoms with Crippen LogP contribution < -0.4 is 4.74 Å². The highest BCUT2D eigenvalue weighted by Gasteiger charge is 2.27. The van der Waals surface area contributed by atoms with E-state index in [0.717, 1.165) is 10.4 Å². The summed E-state index contributed by atoms with van der Waals surface area (Å²) < 4.78 is 34.1. The minimum atomic E-state index is -3.69. The maximum Gasteiger partial charge on any atom is 0.244 e. The number of benzene rings is 2. The zero-order chi connectivity index (χ0) is 18.6. The highest BCUT2D eigenvalue weighted by molar-refractivity contribution is 9.10. The molecule has 3 rings (SSSR count). The predicted molar refractivity (Wildman–Crippen MR) is 108 cm³/mol. The van der Waals surface area contributed by atoms with Crippen molar-refractivity contribution in [2.75, 3.05) is 7.11 Å². The van der Waals surface area contributed by atoms with Crippen LogP contribution in [0.5, 0.6) is 5.75 Å². The number of halogens is 1. The number of sulfonamides is 1. The summed E-state index contributed by atoms with van der Waals surface area (Å²) in [6.45, 7) is 0.533. The second-order valence-electron chi connectivity index (χ2n) is 5.59. The second-order valence-corrected chi connectivity index (χ2v) is 9.39. The lowest BCUT2D eigenvalue weighted by Gasteiger charge is -2.23. The molecule has 26 heavy (non-hydrogen) atoms. The molecule has 0 atom stereocenters. The van der Waals surface area contributed by atoms with Crippen LogP contribution in [0.1, 0.15) is 10.4 Å². The Labute approximate surface area is 166 Å². The van der Waals surface area contributed by atoms with Gasteiger partial charge in [-0.3, -0.25) is 0 Å². The molecule has 0 radical (unpaired) electrons. The van der Waals surface area contributed by atoms with Crippen LogP contribution in [0.2, 0.25) is 0 Å². The molecule has 0 aliphatic heterocycles. The zero-order valence-corrected chi connectivity index (χ0v) is 17.4. The predicted octanol–water partition coefficient (Wildman–Crippen LogP) is 4.91. The molecule has 1 aromatic heterocycles. The summed E-state index contributed by atoms with van der Waals surface area (Å²) in [6, 6.07) is 18.2. The molecule has 0 N–H and O–H groups in total. The number of methoxy groups -OCH3 is 1. The molecule has 0 aliphatic carbocycles. The van der Waals surface area contributed by atoms with E-state index in [1.165, 1.54) is 15.6 Å². The Morgan fingerprint density at radius 3 is 2.42 bits per heavy atom. The first-order valence-electron chi connectivity index (χ1n) is 7.91. The minimum Gasteiger partial charge on any atom is -0.496 e. The van der Waals surface area contributed by atoms with Crippen LogP contribution in [0.25, 0.3) is 0 Å². The van der Waals surface area contributed by atoms with Crippen molar-refractivity contribution in [3.63, 3.8) is 0 Å². The van der Waals surface area contributed by atoms with E-state index in [1.54, 1.807) is 31.4 Å². The van der Waals surface area contributed by atoms with Crippen molar-refractivity contribution in [3.8, 4) is 5.75 Å². The van der Waals surface area contributed by atoms with E-state index in [1.807, 2.05) is 41.8 Å². The van der Waals surface area contributed by atoms with Crippen molar-refractivity contribution >= 4 is 37.3 Å². The summed E-state index contributed by atoms with van der Waals surface area (Å²) >= 11 is 4.90. The maximum absolute atomic E-state index is 13.3. The third-order valence-electron chi connectivity index (χ3n) is 3.91. The Morgan fingerprint density at radius 1 is 1.00 bits per heavy atom. The Kier molecular flexibility index (Phi) is 6.13. The average Bonchev–Trinajstić information content (AvgIpc) is 3.15. The van der Waals surface area contributed by atoms with Gasteiger partial charge < -0.3 is 4.74 Å². The van der Waals surface area contributed by atoms with E-state index in [4.69, 9.17) is 4.74 Å². The molecular weight excluding hydrogens is 434 g/mol. The quantitative estimate of drug-likeness (QED) is 0.512. The van der Waals surface area contributed by atoms with Gasteiger partial charge in [0.15, 0.2) is 0 Å². The zero-order valence-electron chi connectivity index (χ0n) is 14.1. The molecule has 0 amide bonds. The average molecular weight is 452 g/mol. The van der Waals surface area contributed by atoms with E-state index in [0.29, 0.717) is 16.8 Å². The summed E-state index contributed by atoms with van der Waals surface area (Å²) in [7, 11) is -2.11. The molecule has 0 saturated heterocycles. The Bertz CT molecular complexity index is 972. The largest absolute Gasteiger partial charge is 0.496 e. The molecule has 3 aromatic rings. The number of thiophene rings is 1. The molecular formula is C19H18BrNO3S2. The van der Waals surface area contributed by atoms with Gasteiger partial charge in [-0.05, 0) is 45.6 Å². The Balaban J connectivity index is 2.02. The molecule has 0 fully saturated rings. The minimum absolute atomic E-state index is 0.228. The number of para-hydroxylation sites is 1. The molecule has 0 unspecified atom stereocenters. The van der Waals surface area contributed by atoms with Crippen LogP contribution in [0.4, 0.5) is 0 Å². The van der Waals surface area contributed by atoms with Gasteiger partial charge >= 0.3 is 0 Å². The normalized spacial score (nSPS) is 11.7. The van der Waals surface area contributed by atoms with Gasteiger partial charge in [0.05, 0.1) is 12.0 Å². The fourth-order valence-electron chi connectivity index (χ4n) is 2.62. The summed E-state index contributed by atoms with van der Waals surface area (Å²) in [4.78, 5) is 1.24. The van der Waals surface area contributed by atoms with Crippen LogP contribution in [-0.4, -0.2) is 19.8 Å². The Morgan fingerprint density at radius 2 is 1.73 bits per heavy atom. The monoisotopic (exact) mass is 451 g/mol. The van der Waals surface area contributed by atoms with Gasteiger partial charge in [-0.2, -0.15) is 4.31 Å². The van der Waals surface area contributed by atoms with Crippen molar-refractivity contribution < 1.29 is 13.2 Å². The van der Waals surface area contributed by atoms with Crippen molar-refractivity contribution in [2.45, 2.75) is 18.0 Å². The number of nitrogens with zero attached hydrogens (tertiary/aromatic N) is 1. The first-order chi connectivity index (χ1) is 12.5. The van der Waals surface area contributed by atoms with E-state index < -0.39 is 10.0 Å². The van der Waals surface area contributed by atoms with Crippen molar-refractivity contribution in [2.24, 2.45) is 0 Å². The first-order valence-corrected chi connectivity index (χ1v) is 11.0. The lowest BCUT2D eigenvalue weighted by molar-refractivity contribution is 0.377. The second kappa shape index (κ2) is 8.35. The number of rotatable bonds is 7. The van der Waals surface area contributed by atoms with Gasteiger partial charge in [-0.15, -0.1) is 11.3 Å². The summed E-state index contributed by atoms with van der Waals surface area (Å²) in [5.74, 6) is 0.672. The van der Waals surface area contributed by atoms with Crippen molar-refractivity contribution in [3.05, 3.63) is 81.0 Å². The lowest BCUT2D eigenvalue weighted by atomic mass is 10.2. The summed E-state index contributed by atoms with van der Waals surface area (Å²) in [6.07, 6.45) is 0. The SMILES string of the molecule is COc1ccccc1CN(Cc1cccs1)S(=O)(=O)c1ccccc1Br. The van der Waals surface area contributed by atoms with Gasteiger partial charge in [0.1, 0.15) is 5.75 Å². The standard InChI is InChI=1S/C19H18BrNO3S2/c1-24-18-10-4-2-7-15(18)13-21(14-16-8-6-12-25-16)26(22,23)19-11-5-3-9-17(19)20/h2-12H,13-14H2,1H3. The topological polar surface area (TPSA) is 46.6 Å². The van der Waals surface area contributed by atoms with Crippen LogP contribution in [0, 0.1) is 0 Å². The summed E-state index contributed by atoms with van der Waals surface area (Å²) in [5.41, 5.74) is 0.821. The van der Waals surface area contributed by atoms with Crippen molar-refractivity contribution in [1.29, 1.82) is 0 Å². The molecule has 7 heteroatoms. The molecule has 2 aromatic carbocycles. The Hall–Kier alpha value is -1.67. The number of hydrogen-bond donors (Lipinski definition) is 0. The van der Waals surface area contributed by atoms with Gasteiger partial charge in [-0.1, -0.05) is 36.4 Å². The first kappa shape index (κ1) is 19.1. The molecule has 0 spiro atoms. The highest BCUT2D eigenvalue weighted by Crippen LogP contribution is 2.29. The maximum atomic E-state index is 13.3. The number of hydrogen-bond acceptors (Lipinski definition) is 4. The lowest BCUT2D eigenvalue weighted by Crippen LogP contribution is -2.30. The van der Waals surface area contributed by atoms with Gasteiger partial charge in [0.25, 0.3) is 0 Å². The molecule has 0 saturated carbocycles. The third kappa shape index (κ3) is 4.17. The third-order valence-corrected chi connectivity index (χ3v) is 7.57. The smallest absolute Gasteiger partial charge is 0.244 e. The van der Waals surface area contributed by atoms with Crippen molar-refractivity contribution in [1.82, 2.24) is 4.31 Å². The molecule has 136 valence electrons. The number of ether oxygens (including phenoxy) is 1. The van der Waals surface area contributed by atoms with E-state index in [2.05, 4.69) is 15.9 Å². The molecule has 0 bridgehead atoms. The van der Waals surface area contributed by atoms with E-state index in [9.17, 15) is 8.42 Å². The van der Waals surface area contributed by atoms with Crippen LogP contribution >= 0.6 is 27.3 Å². The molecule has 4 nitrogen and oxygen atoms in total. The van der Waals surface area contributed by atoms with Gasteiger partial charge in [-0.25, -0.2) is 8.42 Å². The van der Waals surface area contributed by atoms with Crippen LogP contribution in [-0.2, 0) is 23.1 Å². The van der Waals surface area contributed by atoms with E-state index in [-0.39, 0.29) is 11.4 Å². The van der Waals surface area contributed by atoms with Crippen LogP contribution in [0.3, 0.4) is 0 Å². The fraction of sp³-hybridized carbons (Fsp3) is 0.158. The fourth-order valence-corrected chi connectivity index (χ4v) is 5.78. The molecule has 1 heterocycles. The van der Waals surface area contributed by atoms with E-state index >= 15 is 0 Å².